The molecule has 3 rings (SSSR count). The Morgan fingerprint density at radius 1 is 0.929 bits per heavy atom. The normalized spacial score (nSPS) is 17.0. The number of carbonyl (C=O) groups excluding carboxylic acids is 2. The molecule has 0 saturated carbocycles. The predicted molar refractivity (Wildman–Crippen MR) is 122 cm³/mol. The second-order valence-electron chi connectivity index (χ2n) is 7.75. The summed E-state index contributed by atoms with van der Waals surface area (Å²) < 4.78 is 0. The molecule has 28 heavy (non-hydrogen) atoms. The summed E-state index contributed by atoms with van der Waals surface area (Å²) in [5.74, 6) is 2.71. The van der Waals surface area contributed by atoms with Crippen LogP contribution in [0.4, 0.5) is 11.4 Å². The van der Waals surface area contributed by atoms with Crippen molar-refractivity contribution in [1.82, 2.24) is 0 Å². The first-order valence-electron chi connectivity index (χ1n) is 9.36. The molecular formula is C22H26N2O2S2. The largest absolute Gasteiger partial charge is 0.323 e. The van der Waals surface area contributed by atoms with E-state index >= 15 is 0 Å². The Bertz CT molecular complexity index is 838. The molecule has 2 aromatic carbocycles. The van der Waals surface area contributed by atoms with Gasteiger partial charge in [-0.1, -0.05) is 45.0 Å². The lowest BCUT2D eigenvalue weighted by Crippen LogP contribution is -2.30. The molecule has 1 heterocycles. The Labute approximate surface area is 175 Å². The lowest BCUT2D eigenvalue weighted by Gasteiger charge is -2.21. The molecule has 1 atom stereocenters. The fourth-order valence-electron chi connectivity index (χ4n) is 2.87. The minimum atomic E-state index is -0.190. The van der Waals surface area contributed by atoms with Crippen molar-refractivity contribution in [3.05, 3.63) is 59.7 Å². The fraction of sp³-hybridized carbons (Fsp3) is 0.364. The summed E-state index contributed by atoms with van der Waals surface area (Å²) in [6.07, 6.45) is 0. The zero-order valence-corrected chi connectivity index (χ0v) is 18.1. The molecule has 4 nitrogen and oxygen atoms in total. The van der Waals surface area contributed by atoms with E-state index in [1.165, 1.54) is 5.56 Å². The number of hydrogen-bond donors (Lipinski definition) is 2. The Morgan fingerprint density at radius 2 is 1.57 bits per heavy atom. The molecule has 0 aliphatic carbocycles. The molecule has 148 valence electrons. The third-order valence-corrected chi connectivity index (χ3v) is 7.31. The SMILES string of the molecule is CC(C)(C)c1ccc(C(=O)Nc2ccccc2NC(=O)C2CSCCS2)cc1. The van der Waals surface area contributed by atoms with Crippen molar-refractivity contribution in [3.8, 4) is 0 Å². The second kappa shape index (κ2) is 9.05. The van der Waals surface area contributed by atoms with Gasteiger partial charge in [-0.05, 0) is 35.2 Å². The fourth-order valence-corrected chi connectivity index (χ4v) is 5.43. The number of amides is 2. The topological polar surface area (TPSA) is 58.2 Å². The van der Waals surface area contributed by atoms with Gasteiger partial charge >= 0.3 is 0 Å². The average molecular weight is 415 g/mol. The Balaban J connectivity index is 1.70. The van der Waals surface area contributed by atoms with Crippen LogP contribution in [-0.4, -0.2) is 34.3 Å². The van der Waals surface area contributed by atoms with E-state index in [0.29, 0.717) is 16.9 Å². The van der Waals surface area contributed by atoms with Crippen LogP contribution in [0.3, 0.4) is 0 Å². The van der Waals surface area contributed by atoms with E-state index in [9.17, 15) is 9.59 Å². The summed E-state index contributed by atoms with van der Waals surface area (Å²) in [5, 5.41) is 5.86. The first kappa shape index (κ1) is 20.8. The highest BCUT2D eigenvalue weighted by atomic mass is 32.2. The maximum absolute atomic E-state index is 12.7. The van der Waals surface area contributed by atoms with Crippen LogP contribution < -0.4 is 10.6 Å². The van der Waals surface area contributed by atoms with Crippen molar-refractivity contribution in [2.24, 2.45) is 0 Å². The summed E-state index contributed by atoms with van der Waals surface area (Å²) in [6, 6.07) is 15.0. The zero-order chi connectivity index (χ0) is 20.1. The van der Waals surface area contributed by atoms with E-state index in [4.69, 9.17) is 0 Å². The summed E-state index contributed by atoms with van der Waals surface area (Å²) in [6.45, 7) is 6.43. The molecule has 0 bridgehead atoms. The van der Waals surface area contributed by atoms with Gasteiger partial charge in [0.1, 0.15) is 0 Å². The van der Waals surface area contributed by atoms with Crippen LogP contribution in [0.1, 0.15) is 36.7 Å². The van der Waals surface area contributed by atoms with Crippen molar-refractivity contribution in [2.75, 3.05) is 27.9 Å². The lowest BCUT2D eigenvalue weighted by atomic mass is 9.87. The monoisotopic (exact) mass is 414 g/mol. The van der Waals surface area contributed by atoms with Gasteiger partial charge in [0.05, 0.1) is 16.6 Å². The van der Waals surface area contributed by atoms with Crippen molar-refractivity contribution >= 4 is 46.7 Å². The van der Waals surface area contributed by atoms with Gasteiger partial charge in [-0.15, -0.1) is 11.8 Å². The number of benzene rings is 2. The molecule has 2 N–H and O–H groups in total. The first-order valence-corrected chi connectivity index (χ1v) is 11.6. The maximum atomic E-state index is 12.7. The molecule has 0 spiro atoms. The summed E-state index contributed by atoms with van der Waals surface area (Å²) in [7, 11) is 0. The minimum Gasteiger partial charge on any atom is -0.323 e. The van der Waals surface area contributed by atoms with Crippen LogP contribution in [0.2, 0.25) is 0 Å². The molecule has 6 heteroatoms. The van der Waals surface area contributed by atoms with E-state index in [2.05, 4.69) is 31.4 Å². The quantitative estimate of drug-likeness (QED) is 0.737. The lowest BCUT2D eigenvalue weighted by molar-refractivity contribution is -0.115. The highest BCUT2D eigenvalue weighted by molar-refractivity contribution is 8.07. The Morgan fingerprint density at radius 3 is 2.14 bits per heavy atom. The van der Waals surface area contributed by atoms with Gasteiger partial charge in [-0.2, -0.15) is 11.8 Å². The minimum absolute atomic E-state index is 0.00608. The van der Waals surface area contributed by atoms with Gasteiger partial charge < -0.3 is 10.6 Å². The van der Waals surface area contributed by atoms with Crippen LogP contribution in [0.5, 0.6) is 0 Å². The number of anilines is 2. The average Bonchev–Trinajstić information content (AvgIpc) is 2.69. The number of nitrogens with one attached hydrogen (secondary N) is 2. The van der Waals surface area contributed by atoms with Gasteiger partial charge in [-0.25, -0.2) is 0 Å². The van der Waals surface area contributed by atoms with Crippen LogP contribution >= 0.6 is 23.5 Å². The van der Waals surface area contributed by atoms with Gasteiger partial charge in [0.2, 0.25) is 5.91 Å². The molecule has 1 saturated heterocycles. The van der Waals surface area contributed by atoms with Gasteiger partial charge in [0, 0.05) is 22.8 Å². The van der Waals surface area contributed by atoms with Crippen molar-refractivity contribution in [2.45, 2.75) is 31.4 Å². The third kappa shape index (κ3) is 5.32. The molecule has 2 aromatic rings. The first-order chi connectivity index (χ1) is 13.3. The summed E-state index contributed by atoms with van der Waals surface area (Å²) in [5.41, 5.74) is 3.05. The van der Waals surface area contributed by atoms with Crippen LogP contribution in [0.15, 0.2) is 48.5 Å². The Kier molecular flexibility index (Phi) is 6.73. The zero-order valence-electron chi connectivity index (χ0n) is 16.5. The van der Waals surface area contributed by atoms with E-state index in [1.54, 1.807) is 29.6 Å². The van der Waals surface area contributed by atoms with Crippen LogP contribution in [0, 0.1) is 0 Å². The summed E-state index contributed by atoms with van der Waals surface area (Å²) in [4.78, 5) is 25.2. The van der Waals surface area contributed by atoms with Crippen molar-refractivity contribution in [1.29, 1.82) is 0 Å². The van der Waals surface area contributed by atoms with E-state index in [0.717, 1.165) is 17.3 Å². The molecule has 0 aromatic heterocycles. The highest BCUT2D eigenvalue weighted by Crippen LogP contribution is 2.28. The van der Waals surface area contributed by atoms with Crippen LogP contribution in [-0.2, 0) is 10.2 Å². The number of hydrogen-bond acceptors (Lipinski definition) is 4. The molecule has 2 amide bonds. The second-order valence-corrected chi connectivity index (χ2v) is 10.2. The molecule has 0 radical (unpaired) electrons. The van der Waals surface area contributed by atoms with Crippen molar-refractivity contribution in [3.63, 3.8) is 0 Å². The van der Waals surface area contributed by atoms with E-state index in [-0.39, 0.29) is 22.5 Å². The number of rotatable bonds is 4. The number of thioether (sulfide) groups is 2. The highest BCUT2D eigenvalue weighted by Gasteiger charge is 2.23. The van der Waals surface area contributed by atoms with E-state index < -0.39 is 0 Å². The van der Waals surface area contributed by atoms with E-state index in [1.807, 2.05) is 42.5 Å². The molecular weight excluding hydrogens is 388 g/mol. The molecule has 1 aliphatic heterocycles. The standard InChI is InChI=1S/C22H26N2O2S2/c1-22(2,3)16-10-8-15(9-11-16)20(25)23-17-6-4-5-7-18(17)24-21(26)19-14-27-12-13-28-19/h4-11,19H,12-14H2,1-3H3,(H,23,25)(H,24,26). The summed E-state index contributed by atoms with van der Waals surface area (Å²) >= 11 is 3.50. The van der Waals surface area contributed by atoms with Crippen molar-refractivity contribution < 1.29 is 9.59 Å². The maximum Gasteiger partial charge on any atom is 0.255 e. The smallest absolute Gasteiger partial charge is 0.255 e. The number of para-hydroxylation sites is 2. The molecule has 1 unspecified atom stereocenters. The third-order valence-electron chi connectivity index (χ3n) is 4.55. The van der Waals surface area contributed by atoms with Crippen LogP contribution in [0.25, 0.3) is 0 Å². The number of carbonyl (C=O) groups is 2. The Hall–Kier alpha value is -1.92. The molecule has 1 fully saturated rings. The van der Waals surface area contributed by atoms with Gasteiger partial charge in [-0.3, -0.25) is 9.59 Å². The van der Waals surface area contributed by atoms with Gasteiger partial charge in [0.25, 0.3) is 5.91 Å². The predicted octanol–water partition coefficient (Wildman–Crippen LogP) is 5.02. The molecule has 1 aliphatic rings. The van der Waals surface area contributed by atoms with Gasteiger partial charge in [0.15, 0.2) is 0 Å².